The lowest BCUT2D eigenvalue weighted by molar-refractivity contribution is 0.383. The maximum Gasteiger partial charge on any atom is 0.217 e. The van der Waals surface area contributed by atoms with Crippen molar-refractivity contribution in [3.05, 3.63) is 36.5 Å². The number of nitrogens with one attached hydrogen (secondary N) is 1. The van der Waals surface area contributed by atoms with Crippen molar-refractivity contribution in [2.75, 3.05) is 7.11 Å². The van der Waals surface area contributed by atoms with Crippen molar-refractivity contribution >= 4 is 0 Å². The molecule has 76 valence electrons. The van der Waals surface area contributed by atoms with Crippen LogP contribution in [0.5, 0.6) is 5.88 Å². The summed E-state index contributed by atoms with van der Waals surface area (Å²) in [5, 5.41) is 0. The molecule has 1 atom stereocenters. The summed E-state index contributed by atoms with van der Waals surface area (Å²) in [5.41, 5.74) is 3.64. The summed E-state index contributed by atoms with van der Waals surface area (Å²) < 4.78 is 5.13. The highest BCUT2D eigenvalue weighted by Gasteiger charge is 2.13. The highest BCUT2D eigenvalue weighted by atomic mass is 16.5. The quantitative estimate of drug-likeness (QED) is 0.418. The van der Waals surface area contributed by atoms with Crippen LogP contribution in [0.3, 0.4) is 0 Å². The molecule has 4 nitrogen and oxygen atoms in total. The molecule has 0 aromatic carbocycles. The van der Waals surface area contributed by atoms with E-state index in [4.69, 9.17) is 10.6 Å². The average molecular weight is 193 g/mol. The molecule has 0 radical (unpaired) electrons. The van der Waals surface area contributed by atoms with Crippen LogP contribution in [0.15, 0.2) is 31.0 Å². The lowest BCUT2D eigenvalue weighted by Crippen LogP contribution is -2.28. The summed E-state index contributed by atoms with van der Waals surface area (Å²) >= 11 is 0. The van der Waals surface area contributed by atoms with E-state index in [0.29, 0.717) is 5.88 Å². The Morgan fingerprint density at radius 1 is 1.79 bits per heavy atom. The maximum atomic E-state index is 5.43. The predicted molar refractivity (Wildman–Crippen MR) is 55.7 cm³/mol. The van der Waals surface area contributed by atoms with E-state index >= 15 is 0 Å². The standard InChI is InChI=1S/C10H15N3O/c1-3-5-9(13-11)8-6-4-7-12-10(8)14-2/h3-4,6-7,9,13H,1,5,11H2,2H3. The maximum absolute atomic E-state index is 5.43. The van der Waals surface area contributed by atoms with Gasteiger partial charge in [0, 0.05) is 11.8 Å². The number of pyridine rings is 1. The van der Waals surface area contributed by atoms with E-state index in [-0.39, 0.29) is 6.04 Å². The Bertz CT molecular complexity index is 301. The Morgan fingerprint density at radius 3 is 3.14 bits per heavy atom. The molecular weight excluding hydrogens is 178 g/mol. The molecule has 0 amide bonds. The molecule has 1 aromatic rings. The highest BCUT2D eigenvalue weighted by Crippen LogP contribution is 2.23. The third kappa shape index (κ3) is 2.31. The molecule has 4 heteroatoms. The largest absolute Gasteiger partial charge is 0.481 e. The first-order valence-corrected chi connectivity index (χ1v) is 4.39. The second-order valence-electron chi connectivity index (χ2n) is 2.85. The zero-order valence-electron chi connectivity index (χ0n) is 8.23. The summed E-state index contributed by atoms with van der Waals surface area (Å²) in [6, 6.07) is 3.78. The lowest BCUT2D eigenvalue weighted by atomic mass is 10.1. The smallest absolute Gasteiger partial charge is 0.217 e. The summed E-state index contributed by atoms with van der Waals surface area (Å²) in [5.74, 6) is 6.03. The van der Waals surface area contributed by atoms with Crippen molar-refractivity contribution in [3.8, 4) is 5.88 Å². The second kappa shape index (κ2) is 5.36. The van der Waals surface area contributed by atoms with Crippen molar-refractivity contribution in [2.45, 2.75) is 12.5 Å². The van der Waals surface area contributed by atoms with Crippen molar-refractivity contribution in [1.82, 2.24) is 10.4 Å². The number of hydrazine groups is 1. The summed E-state index contributed by atoms with van der Waals surface area (Å²) in [6.45, 7) is 3.67. The van der Waals surface area contributed by atoms with Gasteiger partial charge in [-0.3, -0.25) is 11.3 Å². The van der Waals surface area contributed by atoms with E-state index in [1.165, 1.54) is 0 Å². The van der Waals surface area contributed by atoms with Gasteiger partial charge in [0.2, 0.25) is 5.88 Å². The third-order valence-corrected chi connectivity index (χ3v) is 1.97. The van der Waals surface area contributed by atoms with Crippen LogP contribution in [0.25, 0.3) is 0 Å². The molecule has 0 aliphatic rings. The number of methoxy groups -OCH3 is 1. The van der Waals surface area contributed by atoms with Crippen LogP contribution in [0.2, 0.25) is 0 Å². The van der Waals surface area contributed by atoms with Gasteiger partial charge in [0.25, 0.3) is 0 Å². The van der Waals surface area contributed by atoms with Gasteiger partial charge in [0.1, 0.15) is 0 Å². The molecule has 0 saturated heterocycles. The second-order valence-corrected chi connectivity index (χ2v) is 2.85. The molecule has 14 heavy (non-hydrogen) atoms. The van der Waals surface area contributed by atoms with Gasteiger partial charge in [-0.2, -0.15) is 0 Å². The molecule has 0 fully saturated rings. The molecule has 0 bridgehead atoms. The van der Waals surface area contributed by atoms with Crippen molar-refractivity contribution in [3.63, 3.8) is 0 Å². The third-order valence-electron chi connectivity index (χ3n) is 1.97. The first-order valence-electron chi connectivity index (χ1n) is 4.39. The van der Waals surface area contributed by atoms with E-state index in [1.807, 2.05) is 12.1 Å². The van der Waals surface area contributed by atoms with Crippen LogP contribution in [-0.4, -0.2) is 12.1 Å². The van der Waals surface area contributed by atoms with Crippen molar-refractivity contribution in [2.24, 2.45) is 5.84 Å². The molecule has 1 aromatic heterocycles. The Balaban J connectivity index is 2.95. The van der Waals surface area contributed by atoms with Gasteiger partial charge in [-0.15, -0.1) is 6.58 Å². The van der Waals surface area contributed by atoms with E-state index in [2.05, 4.69) is 17.0 Å². The van der Waals surface area contributed by atoms with Gasteiger partial charge in [0.15, 0.2) is 0 Å². The average Bonchev–Trinajstić information content (AvgIpc) is 2.26. The molecule has 0 aliphatic heterocycles. The van der Waals surface area contributed by atoms with Crippen LogP contribution in [0.4, 0.5) is 0 Å². The van der Waals surface area contributed by atoms with Crippen LogP contribution >= 0.6 is 0 Å². The molecule has 1 heterocycles. The van der Waals surface area contributed by atoms with Gasteiger partial charge < -0.3 is 4.74 Å². The summed E-state index contributed by atoms with van der Waals surface area (Å²) in [6.07, 6.45) is 4.22. The lowest BCUT2D eigenvalue weighted by Gasteiger charge is -2.16. The Kier molecular flexibility index (Phi) is 4.10. The Morgan fingerprint density at radius 2 is 2.57 bits per heavy atom. The minimum absolute atomic E-state index is 0.00356. The number of nitrogens with zero attached hydrogens (tertiary/aromatic N) is 1. The molecule has 1 rings (SSSR count). The summed E-state index contributed by atoms with van der Waals surface area (Å²) in [7, 11) is 1.59. The number of hydrogen-bond acceptors (Lipinski definition) is 4. The first-order chi connectivity index (χ1) is 6.83. The Hall–Kier alpha value is -1.39. The molecule has 3 N–H and O–H groups in total. The molecular formula is C10H15N3O. The number of aromatic nitrogens is 1. The van der Waals surface area contributed by atoms with E-state index < -0.39 is 0 Å². The van der Waals surface area contributed by atoms with Gasteiger partial charge in [-0.25, -0.2) is 4.98 Å². The van der Waals surface area contributed by atoms with Gasteiger partial charge >= 0.3 is 0 Å². The minimum Gasteiger partial charge on any atom is -0.481 e. The normalized spacial score (nSPS) is 12.1. The van der Waals surface area contributed by atoms with Gasteiger partial charge in [-0.05, 0) is 12.5 Å². The number of nitrogens with two attached hydrogens (primary N) is 1. The topological polar surface area (TPSA) is 60.2 Å². The van der Waals surface area contributed by atoms with Gasteiger partial charge in [0.05, 0.1) is 13.2 Å². The number of ether oxygens (including phenoxy) is 1. The molecule has 0 spiro atoms. The predicted octanol–water partition coefficient (Wildman–Crippen LogP) is 1.17. The Labute approximate surface area is 83.8 Å². The van der Waals surface area contributed by atoms with Crippen molar-refractivity contribution in [1.29, 1.82) is 0 Å². The highest BCUT2D eigenvalue weighted by molar-refractivity contribution is 5.29. The zero-order chi connectivity index (χ0) is 10.4. The SMILES string of the molecule is C=CCC(NN)c1cccnc1OC. The van der Waals surface area contributed by atoms with E-state index in [1.54, 1.807) is 19.4 Å². The number of rotatable bonds is 5. The van der Waals surface area contributed by atoms with Crippen LogP contribution in [0, 0.1) is 0 Å². The zero-order valence-corrected chi connectivity index (χ0v) is 8.23. The number of hydrogen-bond donors (Lipinski definition) is 2. The fraction of sp³-hybridized carbons (Fsp3) is 0.300. The molecule has 1 unspecified atom stereocenters. The van der Waals surface area contributed by atoms with E-state index in [9.17, 15) is 0 Å². The fourth-order valence-corrected chi connectivity index (χ4v) is 1.29. The fourth-order valence-electron chi connectivity index (χ4n) is 1.29. The summed E-state index contributed by atoms with van der Waals surface area (Å²) in [4.78, 5) is 4.10. The minimum atomic E-state index is -0.00356. The monoisotopic (exact) mass is 193 g/mol. The van der Waals surface area contributed by atoms with Gasteiger partial charge in [-0.1, -0.05) is 12.1 Å². The molecule has 0 aliphatic carbocycles. The van der Waals surface area contributed by atoms with E-state index in [0.717, 1.165) is 12.0 Å². The van der Waals surface area contributed by atoms with Crippen LogP contribution in [-0.2, 0) is 0 Å². The first kappa shape index (κ1) is 10.7. The van der Waals surface area contributed by atoms with Crippen LogP contribution in [0.1, 0.15) is 18.0 Å². The van der Waals surface area contributed by atoms with Crippen molar-refractivity contribution < 1.29 is 4.74 Å². The van der Waals surface area contributed by atoms with Crippen LogP contribution < -0.4 is 16.0 Å². The molecule has 0 saturated carbocycles.